The van der Waals surface area contributed by atoms with Gasteiger partial charge in [0.25, 0.3) is 11.8 Å². The molecule has 0 bridgehead atoms. The lowest BCUT2D eigenvalue weighted by Crippen LogP contribution is -2.68. The van der Waals surface area contributed by atoms with E-state index in [1.165, 1.54) is 25.3 Å². The van der Waals surface area contributed by atoms with E-state index in [0.717, 1.165) is 0 Å². The summed E-state index contributed by atoms with van der Waals surface area (Å²) >= 11 is 0. The van der Waals surface area contributed by atoms with Crippen molar-refractivity contribution < 1.29 is 42.5 Å². The van der Waals surface area contributed by atoms with Crippen molar-refractivity contribution in [3.05, 3.63) is 59.1 Å². The fourth-order valence-electron chi connectivity index (χ4n) is 6.00. The molecule has 3 aliphatic rings. The first-order valence-corrected chi connectivity index (χ1v) is 14.2. The largest absolute Gasteiger partial charge is 0.496 e. The average Bonchev–Trinajstić information content (AvgIpc) is 3.28. The smallest absolute Gasteiger partial charge is 0.294 e. The highest BCUT2D eigenvalue weighted by molar-refractivity contribution is 6.04. The molecule has 2 aromatic carbocycles. The zero-order valence-corrected chi connectivity index (χ0v) is 24.6. The SMILES string of the molecule is COc1ccc(F)cc1CNC(O)C1(C)COc2c(oc3cc(C(=O)NC4(C)COC4)ccc23)C(=O)N1C1CC(OC)C1. The molecule has 230 valence electrons. The molecular weight excluding hydrogens is 561 g/mol. The zero-order valence-electron chi connectivity index (χ0n) is 24.6. The standard InChI is InChI=1S/C31H36FN3O8/c1-30(14-41-15-30)34-27(36)17-5-7-22-24(10-17)43-26-25(22)42-16-31(2,35(28(26)37)20-11-21(12-20)39-3)29(38)33-13-18-9-19(32)6-8-23(18)40-4/h5-10,20-21,29,33,38H,11-16H2,1-4H3,(H,34,36). The number of ether oxygens (including phenoxy) is 4. The van der Waals surface area contributed by atoms with Gasteiger partial charge in [-0.2, -0.15) is 0 Å². The number of hydrogen-bond donors (Lipinski definition) is 3. The van der Waals surface area contributed by atoms with E-state index in [1.807, 2.05) is 6.92 Å². The van der Waals surface area contributed by atoms with Crippen molar-refractivity contribution in [3.63, 3.8) is 0 Å². The topological polar surface area (TPSA) is 132 Å². The van der Waals surface area contributed by atoms with E-state index in [2.05, 4.69) is 10.6 Å². The molecule has 1 aromatic heterocycles. The van der Waals surface area contributed by atoms with Crippen molar-refractivity contribution in [1.29, 1.82) is 0 Å². The molecule has 2 aliphatic heterocycles. The van der Waals surface area contributed by atoms with Crippen LogP contribution >= 0.6 is 0 Å². The molecule has 43 heavy (non-hydrogen) atoms. The summed E-state index contributed by atoms with van der Waals surface area (Å²) in [5, 5.41) is 18.1. The van der Waals surface area contributed by atoms with Crippen molar-refractivity contribution in [2.75, 3.05) is 34.0 Å². The van der Waals surface area contributed by atoms with Crippen LogP contribution in [-0.2, 0) is 16.0 Å². The highest BCUT2D eigenvalue weighted by atomic mass is 19.1. The van der Waals surface area contributed by atoms with Gasteiger partial charge in [-0.3, -0.25) is 14.9 Å². The Labute approximate surface area is 248 Å². The number of fused-ring (bicyclic) bond motifs is 3. The number of amides is 2. The Morgan fingerprint density at radius 1 is 1.16 bits per heavy atom. The number of methoxy groups -OCH3 is 2. The summed E-state index contributed by atoms with van der Waals surface area (Å²) in [6, 6.07) is 8.84. The third-order valence-corrected chi connectivity index (χ3v) is 8.72. The summed E-state index contributed by atoms with van der Waals surface area (Å²) in [7, 11) is 3.11. The Kier molecular flexibility index (Phi) is 7.57. The van der Waals surface area contributed by atoms with E-state index in [-0.39, 0.29) is 42.7 Å². The van der Waals surface area contributed by atoms with Crippen LogP contribution in [0.5, 0.6) is 11.5 Å². The van der Waals surface area contributed by atoms with Crippen LogP contribution in [0.4, 0.5) is 4.39 Å². The Balaban J connectivity index is 1.29. The first-order valence-electron chi connectivity index (χ1n) is 14.2. The number of halogens is 1. The van der Waals surface area contributed by atoms with E-state index in [4.69, 9.17) is 23.4 Å². The molecule has 0 radical (unpaired) electrons. The van der Waals surface area contributed by atoms with Gasteiger partial charge in [0.05, 0.1) is 37.4 Å². The molecule has 1 saturated carbocycles. The van der Waals surface area contributed by atoms with E-state index in [9.17, 15) is 19.1 Å². The summed E-state index contributed by atoms with van der Waals surface area (Å²) in [6.45, 7) is 4.54. The second kappa shape index (κ2) is 11.1. The normalized spacial score (nSPS) is 25.2. The molecule has 1 aliphatic carbocycles. The summed E-state index contributed by atoms with van der Waals surface area (Å²) in [5.41, 5.74) is -0.432. The molecule has 12 heteroatoms. The molecule has 2 amide bonds. The highest BCUT2D eigenvalue weighted by Crippen LogP contribution is 2.43. The van der Waals surface area contributed by atoms with Crippen LogP contribution in [0.25, 0.3) is 11.0 Å². The number of carbonyl (C=O) groups is 2. The van der Waals surface area contributed by atoms with Gasteiger partial charge in [0, 0.05) is 30.8 Å². The molecule has 11 nitrogen and oxygen atoms in total. The van der Waals surface area contributed by atoms with E-state index < -0.39 is 29.0 Å². The van der Waals surface area contributed by atoms with Crippen LogP contribution in [0.2, 0.25) is 0 Å². The van der Waals surface area contributed by atoms with Crippen LogP contribution in [0.1, 0.15) is 53.2 Å². The second-order valence-corrected chi connectivity index (χ2v) is 12.0. The van der Waals surface area contributed by atoms with Gasteiger partial charge in [-0.05, 0) is 63.1 Å². The monoisotopic (exact) mass is 597 g/mol. The molecule has 3 aromatic rings. The maximum atomic E-state index is 14.2. The third kappa shape index (κ3) is 5.22. The molecule has 1 saturated heterocycles. The Bertz CT molecular complexity index is 1550. The Morgan fingerprint density at radius 2 is 1.93 bits per heavy atom. The molecule has 6 rings (SSSR count). The molecule has 2 fully saturated rings. The van der Waals surface area contributed by atoms with Gasteiger partial charge in [0.2, 0.25) is 5.76 Å². The summed E-state index contributed by atoms with van der Waals surface area (Å²) < 4.78 is 42.3. The zero-order chi connectivity index (χ0) is 30.5. The molecule has 0 spiro atoms. The number of rotatable bonds is 9. The average molecular weight is 598 g/mol. The Morgan fingerprint density at radius 3 is 2.60 bits per heavy atom. The van der Waals surface area contributed by atoms with Crippen LogP contribution in [0, 0.1) is 5.82 Å². The summed E-state index contributed by atoms with van der Waals surface area (Å²) in [4.78, 5) is 28.8. The lowest BCUT2D eigenvalue weighted by Gasteiger charge is -2.51. The minimum Gasteiger partial charge on any atom is -0.496 e. The summed E-state index contributed by atoms with van der Waals surface area (Å²) in [5.74, 6) is -0.439. The number of carbonyl (C=O) groups excluding carboxylic acids is 2. The van der Waals surface area contributed by atoms with Crippen molar-refractivity contribution in [1.82, 2.24) is 15.5 Å². The summed E-state index contributed by atoms with van der Waals surface area (Å²) in [6.07, 6.45) is -0.143. The lowest BCUT2D eigenvalue weighted by atomic mass is 9.83. The molecule has 2 unspecified atom stereocenters. The van der Waals surface area contributed by atoms with E-state index in [0.29, 0.717) is 53.9 Å². The number of aliphatic hydroxyl groups excluding tert-OH is 1. The van der Waals surface area contributed by atoms with Gasteiger partial charge in [0.15, 0.2) is 5.75 Å². The molecule has 3 N–H and O–H groups in total. The van der Waals surface area contributed by atoms with Gasteiger partial charge in [0.1, 0.15) is 35.5 Å². The second-order valence-electron chi connectivity index (χ2n) is 12.0. The van der Waals surface area contributed by atoms with Gasteiger partial charge in [-0.15, -0.1) is 0 Å². The molecular formula is C31H36FN3O8. The predicted molar refractivity (Wildman–Crippen MR) is 153 cm³/mol. The quantitative estimate of drug-likeness (QED) is 0.319. The van der Waals surface area contributed by atoms with Crippen LogP contribution in [0.3, 0.4) is 0 Å². The minimum absolute atomic E-state index is 0.00416. The van der Waals surface area contributed by atoms with Gasteiger partial charge < -0.3 is 38.7 Å². The van der Waals surface area contributed by atoms with Crippen LogP contribution < -0.4 is 20.1 Å². The van der Waals surface area contributed by atoms with Gasteiger partial charge in [-0.25, -0.2) is 4.39 Å². The first-order chi connectivity index (χ1) is 20.5. The number of benzene rings is 2. The van der Waals surface area contributed by atoms with Gasteiger partial charge >= 0.3 is 0 Å². The van der Waals surface area contributed by atoms with Crippen LogP contribution in [-0.4, -0.2) is 85.3 Å². The predicted octanol–water partition coefficient (Wildman–Crippen LogP) is 2.98. The minimum atomic E-state index is -1.27. The third-order valence-electron chi connectivity index (χ3n) is 8.72. The van der Waals surface area contributed by atoms with E-state index >= 15 is 0 Å². The molecule has 3 heterocycles. The lowest BCUT2D eigenvalue weighted by molar-refractivity contribution is -0.0997. The number of nitrogens with one attached hydrogen (secondary N) is 2. The van der Waals surface area contributed by atoms with Crippen molar-refractivity contribution in [2.45, 2.75) is 62.7 Å². The number of furan rings is 1. The number of aliphatic hydroxyl groups is 1. The van der Waals surface area contributed by atoms with Crippen molar-refractivity contribution >= 4 is 22.8 Å². The fraction of sp³-hybridized carbons (Fsp3) is 0.484. The fourth-order valence-corrected chi connectivity index (χ4v) is 6.00. The maximum Gasteiger partial charge on any atom is 0.294 e. The van der Waals surface area contributed by atoms with Gasteiger partial charge in [-0.1, -0.05) is 0 Å². The van der Waals surface area contributed by atoms with Crippen molar-refractivity contribution in [3.8, 4) is 11.5 Å². The molecule has 2 atom stereocenters. The van der Waals surface area contributed by atoms with E-state index in [1.54, 1.807) is 37.1 Å². The van der Waals surface area contributed by atoms with Crippen molar-refractivity contribution in [2.24, 2.45) is 0 Å². The number of nitrogens with zero attached hydrogens (tertiary/aromatic N) is 1. The van der Waals surface area contributed by atoms with Crippen LogP contribution in [0.15, 0.2) is 40.8 Å². The number of hydrogen-bond acceptors (Lipinski definition) is 9. The Hall–Kier alpha value is -3.71. The highest BCUT2D eigenvalue weighted by Gasteiger charge is 2.53. The first kappa shape index (κ1) is 29.4. The maximum absolute atomic E-state index is 14.2.